The number of carbonyl (C=O) groups is 3. The van der Waals surface area contributed by atoms with E-state index >= 15 is 0 Å². The van der Waals surface area contributed by atoms with Crippen molar-refractivity contribution in [1.82, 2.24) is 10.6 Å². The summed E-state index contributed by atoms with van der Waals surface area (Å²) in [6, 6.07) is 5.31. The van der Waals surface area contributed by atoms with E-state index < -0.39 is 17.9 Å². The molecule has 0 bridgehead atoms. The van der Waals surface area contributed by atoms with Gasteiger partial charge in [0.1, 0.15) is 11.8 Å². The molecule has 6 nitrogen and oxygen atoms in total. The maximum atomic E-state index is 11.8. The SMILES string of the molecule is O=C1CC[C@H](NC(=O)c2ccccc2O)C(=O)N1. The minimum absolute atomic E-state index is 0.0993. The minimum Gasteiger partial charge on any atom is -0.507 e. The van der Waals surface area contributed by atoms with Crippen LogP contribution in [0.4, 0.5) is 0 Å². The summed E-state index contributed by atoms with van der Waals surface area (Å²) in [5, 5.41) is 14.1. The first-order valence-corrected chi connectivity index (χ1v) is 5.50. The van der Waals surface area contributed by atoms with Gasteiger partial charge in [-0.1, -0.05) is 12.1 Å². The molecule has 1 aromatic rings. The normalized spacial score (nSPS) is 19.2. The lowest BCUT2D eigenvalue weighted by molar-refractivity contribution is -0.134. The lowest BCUT2D eigenvalue weighted by Gasteiger charge is -2.21. The smallest absolute Gasteiger partial charge is 0.255 e. The van der Waals surface area contributed by atoms with Gasteiger partial charge in [0.2, 0.25) is 11.8 Å². The Morgan fingerprint density at radius 2 is 2.06 bits per heavy atom. The predicted molar refractivity (Wildman–Crippen MR) is 61.7 cm³/mol. The Kier molecular flexibility index (Phi) is 3.27. The van der Waals surface area contributed by atoms with E-state index in [2.05, 4.69) is 10.6 Å². The third kappa shape index (κ3) is 2.48. The highest BCUT2D eigenvalue weighted by atomic mass is 16.3. The summed E-state index contributed by atoms with van der Waals surface area (Å²) in [5.74, 6) is -1.55. The van der Waals surface area contributed by atoms with Gasteiger partial charge in [-0.2, -0.15) is 0 Å². The van der Waals surface area contributed by atoms with Crippen LogP contribution < -0.4 is 10.6 Å². The van der Waals surface area contributed by atoms with Crippen molar-refractivity contribution < 1.29 is 19.5 Å². The molecule has 0 saturated carbocycles. The van der Waals surface area contributed by atoms with Gasteiger partial charge >= 0.3 is 0 Å². The van der Waals surface area contributed by atoms with Crippen molar-refractivity contribution in [2.45, 2.75) is 18.9 Å². The van der Waals surface area contributed by atoms with Crippen LogP contribution in [0.1, 0.15) is 23.2 Å². The van der Waals surface area contributed by atoms with Crippen LogP contribution in [-0.4, -0.2) is 28.9 Å². The largest absolute Gasteiger partial charge is 0.507 e. The van der Waals surface area contributed by atoms with Crippen molar-refractivity contribution >= 4 is 17.7 Å². The maximum Gasteiger partial charge on any atom is 0.255 e. The quantitative estimate of drug-likeness (QED) is 0.638. The van der Waals surface area contributed by atoms with Gasteiger partial charge in [0.05, 0.1) is 5.56 Å². The van der Waals surface area contributed by atoms with Crippen molar-refractivity contribution in [3.05, 3.63) is 29.8 Å². The second kappa shape index (κ2) is 4.87. The summed E-state index contributed by atoms with van der Waals surface area (Å²) in [4.78, 5) is 34.2. The molecular formula is C12H12N2O4. The summed E-state index contributed by atoms with van der Waals surface area (Å²) in [6.45, 7) is 0. The van der Waals surface area contributed by atoms with Crippen LogP contribution in [0.2, 0.25) is 0 Å². The van der Waals surface area contributed by atoms with E-state index in [0.29, 0.717) is 0 Å². The molecule has 3 amide bonds. The standard InChI is InChI=1S/C12H12N2O4/c15-9-4-2-1-3-7(9)11(17)13-8-5-6-10(16)14-12(8)18/h1-4,8,15H,5-6H2,(H,13,17)(H,14,16,18)/t8-/m0/s1. The van der Waals surface area contributed by atoms with Gasteiger partial charge in [0.25, 0.3) is 5.91 Å². The van der Waals surface area contributed by atoms with Crippen LogP contribution in [0.15, 0.2) is 24.3 Å². The lowest BCUT2D eigenvalue weighted by Crippen LogP contribution is -2.52. The number of amides is 3. The Balaban J connectivity index is 2.06. The van der Waals surface area contributed by atoms with Crippen LogP contribution in [0.3, 0.4) is 0 Å². The molecule has 0 aromatic heterocycles. The average Bonchev–Trinajstić information content (AvgIpc) is 2.33. The molecule has 0 aliphatic carbocycles. The molecule has 3 N–H and O–H groups in total. The topological polar surface area (TPSA) is 95.5 Å². The summed E-state index contributed by atoms with van der Waals surface area (Å²) < 4.78 is 0. The number of phenols is 1. The van der Waals surface area contributed by atoms with Gasteiger partial charge in [-0.25, -0.2) is 0 Å². The van der Waals surface area contributed by atoms with Gasteiger partial charge in [-0.15, -0.1) is 0 Å². The molecule has 18 heavy (non-hydrogen) atoms. The second-order valence-corrected chi connectivity index (χ2v) is 3.99. The number of imide groups is 1. The fraction of sp³-hybridized carbons (Fsp3) is 0.250. The van der Waals surface area contributed by atoms with Gasteiger partial charge in [0, 0.05) is 6.42 Å². The molecule has 94 valence electrons. The fourth-order valence-corrected chi connectivity index (χ4v) is 1.73. The number of phenolic OH excluding ortho intramolecular Hbond substituents is 1. The molecule has 1 aliphatic rings. The first-order valence-electron chi connectivity index (χ1n) is 5.50. The molecule has 1 aliphatic heterocycles. The number of carbonyl (C=O) groups excluding carboxylic acids is 3. The van der Waals surface area contributed by atoms with Gasteiger partial charge in [0.15, 0.2) is 0 Å². The zero-order chi connectivity index (χ0) is 13.1. The van der Waals surface area contributed by atoms with Crippen LogP contribution in [0, 0.1) is 0 Å². The highest BCUT2D eigenvalue weighted by Gasteiger charge is 2.28. The zero-order valence-corrected chi connectivity index (χ0v) is 9.47. The first kappa shape index (κ1) is 12.1. The van der Waals surface area contributed by atoms with E-state index in [-0.39, 0.29) is 30.1 Å². The third-order valence-corrected chi connectivity index (χ3v) is 2.69. The molecule has 2 rings (SSSR count). The molecule has 0 unspecified atom stereocenters. The summed E-state index contributed by atoms with van der Waals surface area (Å²) in [7, 11) is 0. The predicted octanol–water partition coefficient (Wildman–Crippen LogP) is -0.0728. The van der Waals surface area contributed by atoms with Crippen molar-refractivity contribution in [3.8, 4) is 5.75 Å². The number of hydrogen-bond donors (Lipinski definition) is 3. The molecule has 1 saturated heterocycles. The van der Waals surface area contributed by atoms with Crippen molar-refractivity contribution in [3.63, 3.8) is 0 Å². The maximum absolute atomic E-state index is 11.8. The van der Waals surface area contributed by atoms with Crippen LogP contribution in [0.5, 0.6) is 5.75 Å². The highest BCUT2D eigenvalue weighted by Crippen LogP contribution is 2.16. The Hall–Kier alpha value is -2.37. The zero-order valence-electron chi connectivity index (χ0n) is 9.47. The van der Waals surface area contributed by atoms with E-state index in [1.807, 2.05) is 0 Å². The Labute approximate surface area is 103 Å². The number of piperidine rings is 1. The Bertz CT molecular complexity index is 513. The third-order valence-electron chi connectivity index (χ3n) is 2.69. The molecule has 6 heteroatoms. The number of nitrogens with one attached hydrogen (secondary N) is 2. The minimum atomic E-state index is -0.741. The van der Waals surface area contributed by atoms with E-state index in [4.69, 9.17) is 0 Å². The average molecular weight is 248 g/mol. The van der Waals surface area contributed by atoms with Crippen LogP contribution >= 0.6 is 0 Å². The Morgan fingerprint density at radius 1 is 1.33 bits per heavy atom. The number of rotatable bonds is 2. The molecule has 1 atom stereocenters. The number of hydrogen-bond acceptors (Lipinski definition) is 4. The van der Waals surface area contributed by atoms with Gasteiger partial charge in [-0.3, -0.25) is 19.7 Å². The van der Waals surface area contributed by atoms with Crippen LogP contribution in [0.25, 0.3) is 0 Å². The van der Waals surface area contributed by atoms with E-state index in [0.717, 1.165) is 0 Å². The lowest BCUT2D eigenvalue weighted by atomic mass is 10.1. The highest BCUT2D eigenvalue weighted by molar-refractivity contribution is 6.04. The number of para-hydroxylation sites is 1. The summed E-state index contributed by atoms with van der Waals surface area (Å²) in [6.07, 6.45) is 0.460. The second-order valence-electron chi connectivity index (χ2n) is 3.99. The molecule has 1 aromatic carbocycles. The molecule has 1 heterocycles. The van der Waals surface area contributed by atoms with E-state index in [1.165, 1.54) is 12.1 Å². The van der Waals surface area contributed by atoms with Gasteiger partial charge in [-0.05, 0) is 18.6 Å². The number of benzene rings is 1. The Morgan fingerprint density at radius 3 is 2.72 bits per heavy atom. The number of aromatic hydroxyl groups is 1. The molecule has 0 spiro atoms. The monoisotopic (exact) mass is 248 g/mol. The summed E-state index contributed by atoms with van der Waals surface area (Å²) in [5.41, 5.74) is 0.0993. The van der Waals surface area contributed by atoms with Crippen LogP contribution in [-0.2, 0) is 9.59 Å². The van der Waals surface area contributed by atoms with E-state index in [1.54, 1.807) is 12.1 Å². The first-order chi connectivity index (χ1) is 8.58. The molecule has 0 radical (unpaired) electrons. The van der Waals surface area contributed by atoms with Crippen molar-refractivity contribution in [2.24, 2.45) is 0 Å². The van der Waals surface area contributed by atoms with Gasteiger partial charge < -0.3 is 10.4 Å². The van der Waals surface area contributed by atoms with Crippen molar-refractivity contribution in [1.29, 1.82) is 0 Å². The van der Waals surface area contributed by atoms with E-state index in [9.17, 15) is 19.5 Å². The molecular weight excluding hydrogens is 236 g/mol. The summed E-state index contributed by atoms with van der Waals surface area (Å²) >= 11 is 0. The molecule has 1 fully saturated rings. The van der Waals surface area contributed by atoms with Crippen molar-refractivity contribution in [2.75, 3.05) is 0 Å². The fourth-order valence-electron chi connectivity index (χ4n) is 1.73.